The molecule has 0 saturated carbocycles. The van der Waals surface area contributed by atoms with Crippen molar-refractivity contribution >= 4 is 29.3 Å². The Kier molecular flexibility index (Phi) is 4.59. The van der Waals surface area contributed by atoms with Gasteiger partial charge in [-0.25, -0.2) is 0 Å². The van der Waals surface area contributed by atoms with Gasteiger partial charge in [0.1, 0.15) is 6.04 Å². The number of amides is 3. The molecule has 0 aromatic heterocycles. The quantitative estimate of drug-likeness (QED) is 0.791. The Labute approximate surface area is 150 Å². The van der Waals surface area contributed by atoms with E-state index in [0.717, 1.165) is 10.5 Å². The van der Waals surface area contributed by atoms with Crippen LogP contribution in [0.15, 0.2) is 48.5 Å². The maximum absolute atomic E-state index is 12.7. The van der Waals surface area contributed by atoms with E-state index in [1.165, 1.54) is 4.90 Å². The van der Waals surface area contributed by atoms with E-state index in [2.05, 4.69) is 0 Å². The lowest BCUT2D eigenvalue weighted by Crippen LogP contribution is -2.48. The summed E-state index contributed by atoms with van der Waals surface area (Å²) in [5, 5.41) is 0.565. The monoisotopic (exact) mass is 356 g/mol. The summed E-state index contributed by atoms with van der Waals surface area (Å²) in [6, 6.07) is 12.9. The van der Waals surface area contributed by atoms with Gasteiger partial charge in [0.25, 0.3) is 11.8 Å². The third kappa shape index (κ3) is 3.03. The van der Waals surface area contributed by atoms with Gasteiger partial charge in [0.15, 0.2) is 0 Å². The van der Waals surface area contributed by atoms with E-state index in [9.17, 15) is 14.4 Å². The molecule has 6 heteroatoms. The molecule has 1 atom stereocenters. The van der Waals surface area contributed by atoms with Crippen LogP contribution < -0.4 is 0 Å². The molecule has 5 nitrogen and oxygen atoms in total. The van der Waals surface area contributed by atoms with E-state index in [1.807, 2.05) is 18.2 Å². The minimum Gasteiger partial charge on any atom is -0.340 e. The molecule has 0 radical (unpaired) electrons. The lowest BCUT2D eigenvalue weighted by atomic mass is 10.1. The molecule has 128 valence electrons. The first-order valence-corrected chi connectivity index (χ1v) is 8.25. The van der Waals surface area contributed by atoms with Crippen LogP contribution in [0.25, 0.3) is 0 Å². The fourth-order valence-electron chi connectivity index (χ4n) is 2.95. The summed E-state index contributed by atoms with van der Waals surface area (Å²) in [5.74, 6) is -1.20. The van der Waals surface area contributed by atoms with Crippen molar-refractivity contribution in [2.24, 2.45) is 0 Å². The molecule has 0 bridgehead atoms. The number of likely N-dealkylation sites (N-methyl/N-ethyl adjacent to an activating group) is 1. The Morgan fingerprint density at radius 3 is 2.12 bits per heavy atom. The second-order valence-corrected chi connectivity index (χ2v) is 6.39. The lowest BCUT2D eigenvalue weighted by Gasteiger charge is -2.27. The maximum atomic E-state index is 12.7. The van der Waals surface area contributed by atoms with Crippen molar-refractivity contribution in [2.45, 2.75) is 19.5 Å². The highest BCUT2D eigenvalue weighted by atomic mass is 35.5. The Morgan fingerprint density at radius 2 is 1.56 bits per heavy atom. The molecular formula is C19H17ClN2O3. The Morgan fingerprint density at radius 1 is 1.04 bits per heavy atom. The van der Waals surface area contributed by atoms with Crippen molar-refractivity contribution in [3.8, 4) is 0 Å². The van der Waals surface area contributed by atoms with Gasteiger partial charge in [0, 0.05) is 18.6 Å². The summed E-state index contributed by atoms with van der Waals surface area (Å²) in [7, 11) is 1.63. The van der Waals surface area contributed by atoms with Crippen LogP contribution >= 0.6 is 11.6 Å². The number of hydrogen-bond acceptors (Lipinski definition) is 3. The number of imide groups is 1. The summed E-state index contributed by atoms with van der Waals surface area (Å²) >= 11 is 6.13. The van der Waals surface area contributed by atoms with Crippen LogP contribution in [-0.2, 0) is 11.3 Å². The van der Waals surface area contributed by atoms with E-state index in [-0.39, 0.29) is 5.91 Å². The van der Waals surface area contributed by atoms with Crippen molar-refractivity contribution in [3.63, 3.8) is 0 Å². The SMILES string of the molecule is CC(C(=O)N(C)Cc1ccccc1Cl)N1C(=O)c2ccccc2C1=O. The first-order valence-electron chi connectivity index (χ1n) is 7.87. The molecule has 0 aliphatic carbocycles. The predicted molar refractivity (Wildman–Crippen MR) is 94.3 cm³/mol. The molecule has 0 spiro atoms. The molecule has 1 aliphatic rings. The fourth-order valence-corrected chi connectivity index (χ4v) is 3.14. The van der Waals surface area contributed by atoms with Crippen molar-refractivity contribution < 1.29 is 14.4 Å². The van der Waals surface area contributed by atoms with Crippen LogP contribution in [0.5, 0.6) is 0 Å². The van der Waals surface area contributed by atoms with Gasteiger partial charge in [0.05, 0.1) is 11.1 Å². The molecule has 1 unspecified atom stereocenters. The second kappa shape index (κ2) is 6.69. The van der Waals surface area contributed by atoms with Crippen LogP contribution in [0.2, 0.25) is 5.02 Å². The van der Waals surface area contributed by atoms with Crippen LogP contribution in [0.4, 0.5) is 0 Å². The van der Waals surface area contributed by atoms with Crippen molar-refractivity contribution in [3.05, 3.63) is 70.2 Å². The van der Waals surface area contributed by atoms with E-state index in [0.29, 0.717) is 22.7 Å². The Bertz CT molecular complexity index is 830. The molecule has 1 aliphatic heterocycles. The molecule has 3 rings (SSSR count). The first-order chi connectivity index (χ1) is 11.9. The summed E-state index contributed by atoms with van der Waals surface area (Å²) in [5.41, 5.74) is 1.47. The topological polar surface area (TPSA) is 57.7 Å². The number of carbonyl (C=O) groups excluding carboxylic acids is 3. The number of hydrogen-bond donors (Lipinski definition) is 0. The zero-order valence-corrected chi connectivity index (χ0v) is 14.7. The van der Waals surface area contributed by atoms with Crippen LogP contribution in [-0.4, -0.2) is 40.6 Å². The first kappa shape index (κ1) is 17.2. The van der Waals surface area contributed by atoms with Crippen molar-refractivity contribution in [1.82, 2.24) is 9.80 Å². The predicted octanol–water partition coefficient (Wildman–Crippen LogP) is 2.98. The van der Waals surface area contributed by atoms with Gasteiger partial charge in [-0.15, -0.1) is 0 Å². The highest BCUT2D eigenvalue weighted by Gasteiger charge is 2.41. The van der Waals surface area contributed by atoms with Gasteiger partial charge in [-0.1, -0.05) is 41.9 Å². The lowest BCUT2D eigenvalue weighted by molar-refractivity contribution is -0.134. The summed E-state index contributed by atoms with van der Waals surface area (Å²) in [6.07, 6.45) is 0. The zero-order chi connectivity index (χ0) is 18.1. The third-order valence-electron chi connectivity index (χ3n) is 4.31. The molecule has 2 aromatic rings. The fraction of sp³-hybridized carbons (Fsp3) is 0.211. The molecule has 25 heavy (non-hydrogen) atoms. The van der Waals surface area contributed by atoms with Crippen molar-refractivity contribution in [2.75, 3.05) is 7.05 Å². The van der Waals surface area contributed by atoms with Gasteiger partial charge in [-0.05, 0) is 30.7 Å². The smallest absolute Gasteiger partial charge is 0.262 e. The number of halogens is 1. The normalized spacial score (nSPS) is 14.4. The van der Waals surface area contributed by atoms with E-state index < -0.39 is 17.9 Å². The summed E-state index contributed by atoms with van der Waals surface area (Å²) in [6.45, 7) is 1.86. The average molecular weight is 357 g/mol. The minimum absolute atomic E-state index is 0.298. The molecule has 1 heterocycles. The van der Waals surface area contributed by atoms with Crippen LogP contribution in [0.3, 0.4) is 0 Å². The average Bonchev–Trinajstić information content (AvgIpc) is 2.87. The third-order valence-corrected chi connectivity index (χ3v) is 4.68. The van der Waals surface area contributed by atoms with E-state index in [4.69, 9.17) is 11.6 Å². The largest absolute Gasteiger partial charge is 0.340 e. The number of rotatable bonds is 4. The zero-order valence-electron chi connectivity index (χ0n) is 13.9. The van der Waals surface area contributed by atoms with E-state index >= 15 is 0 Å². The van der Waals surface area contributed by atoms with Crippen LogP contribution in [0, 0.1) is 0 Å². The van der Waals surface area contributed by atoms with Gasteiger partial charge >= 0.3 is 0 Å². The Balaban J connectivity index is 1.78. The molecule has 0 fully saturated rings. The molecular weight excluding hydrogens is 340 g/mol. The standard InChI is InChI=1S/C19H17ClN2O3/c1-12(17(23)21(2)11-13-7-3-6-10-16(13)20)22-18(24)14-8-4-5-9-15(14)19(22)25/h3-10,12H,11H2,1-2H3. The minimum atomic E-state index is -0.889. The van der Waals surface area contributed by atoms with Gasteiger partial charge in [0.2, 0.25) is 5.91 Å². The highest BCUT2D eigenvalue weighted by Crippen LogP contribution is 2.25. The van der Waals surface area contributed by atoms with E-state index in [1.54, 1.807) is 44.3 Å². The second-order valence-electron chi connectivity index (χ2n) is 5.99. The number of carbonyl (C=O) groups is 3. The summed E-state index contributed by atoms with van der Waals surface area (Å²) in [4.78, 5) is 40.2. The molecule has 0 saturated heterocycles. The van der Waals surface area contributed by atoms with Crippen LogP contribution in [0.1, 0.15) is 33.2 Å². The molecule has 0 N–H and O–H groups in total. The summed E-state index contributed by atoms with van der Waals surface area (Å²) < 4.78 is 0. The number of benzene rings is 2. The molecule has 3 amide bonds. The van der Waals surface area contributed by atoms with Gasteiger partial charge in [-0.2, -0.15) is 0 Å². The Hall–Kier alpha value is -2.66. The van der Waals surface area contributed by atoms with Crippen molar-refractivity contribution in [1.29, 1.82) is 0 Å². The molecule has 2 aromatic carbocycles. The van der Waals surface area contributed by atoms with Gasteiger partial charge < -0.3 is 4.90 Å². The van der Waals surface area contributed by atoms with Gasteiger partial charge in [-0.3, -0.25) is 19.3 Å². The maximum Gasteiger partial charge on any atom is 0.262 e. The highest BCUT2D eigenvalue weighted by molar-refractivity contribution is 6.31. The number of fused-ring (bicyclic) bond motifs is 1. The number of nitrogens with zero attached hydrogens (tertiary/aromatic N) is 2.